The molecule has 0 spiro atoms. The first-order valence-corrected chi connectivity index (χ1v) is 8.92. The third-order valence-corrected chi connectivity index (χ3v) is 5.24. The van der Waals surface area contributed by atoms with Gasteiger partial charge in [-0.05, 0) is 44.1 Å². The number of hydrogen-bond donors (Lipinski definition) is 1. The summed E-state index contributed by atoms with van der Waals surface area (Å²) in [7, 11) is -2.59. The molecule has 0 aromatic heterocycles. The number of likely N-dealkylation sites (tertiary alicyclic amines) is 1. The SMILES string of the molecule is CN1CCCC(NC(=O)Cc2ccc(S(=O)(=O)C(F)F)cc2)C1. The van der Waals surface area contributed by atoms with Gasteiger partial charge in [0.15, 0.2) is 0 Å². The molecule has 128 valence electrons. The molecule has 1 aliphatic rings. The molecule has 0 aliphatic carbocycles. The molecule has 1 aromatic carbocycles. The smallest absolute Gasteiger partial charge is 0.341 e. The summed E-state index contributed by atoms with van der Waals surface area (Å²) in [4.78, 5) is 13.7. The molecule has 8 heteroatoms. The van der Waals surface area contributed by atoms with E-state index in [0.717, 1.165) is 38.1 Å². The molecule has 1 amide bonds. The first-order valence-electron chi connectivity index (χ1n) is 7.38. The minimum absolute atomic E-state index is 0.0925. The van der Waals surface area contributed by atoms with Crippen LogP contribution in [0.2, 0.25) is 0 Å². The Morgan fingerprint density at radius 1 is 1.35 bits per heavy atom. The molecule has 1 saturated heterocycles. The van der Waals surface area contributed by atoms with E-state index in [2.05, 4.69) is 10.2 Å². The van der Waals surface area contributed by atoms with Crippen LogP contribution in [0.15, 0.2) is 29.2 Å². The van der Waals surface area contributed by atoms with E-state index in [9.17, 15) is 22.0 Å². The minimum Gasteiger partial charge on any atom is -0.352 e. The summed E-state index contributed by atoms with van der Waals surface area (Å²) in [5.41, 5.74) is 0.583. The van der Waals surface area contributed by atoms with Gasteiger partial charge in [0.05, 0.1) is 11.3 Å². The summed E-state index contributed by atoms with van der Waals surface area (Å²) in [6.45, 7) is 1.82. The van der Waals surface area contributed by atoms with Crippen LogP contribution in [0.5, 0.6) is 0 Å². The zero-order valence-electron chi connectivity index (χ0n) is 12.8. The molecule has 1 N–H and O–H groups in total. The Balaban J connectivity index is 1.94. The third kappa shape index (κ3) is 4.71. The maximum absolute atomic E-state index is 12.4. The zero-order chi connectivity index (χ0) is 17.0. The van der Waals surface area contributed by atoms with E-state index in [0.29, 0.717) is 5.56 Å². The van der Waals surface area contributed by atoms with E-state index in [1.165, 1.54) is 12.1 Å². The van der Waals surface area contributed by atoms with E-state index < -0.39 is 20.5 Å². The summed E-state index contributed by atoms with van der Waals surface area (Å²) >= 11 is 0. The Labute approximate surface area is 134 Å². The summed E-state index contributed by atoms with van der Waals surface area (Å²) in [5, 5.41) is 2.94. The van der Waals surface area contributed by atoms with Crippen LogP contribution in [0.1, 0.15) is 18.4 Å². The Kier molecular flexibility index (Phi) is 5.69. The van der Waals surface area contributed by atoms with Gasteiger partial charge in [-0.3, -0.25) is 4.79 Å². The number of amides is 1. The maximum atomic E-state index is 12.4. The number of nitrogens with zero attached hydrogens (tertiary/aromatic N) is 1. The molecule has 1 aliphatic heterocycles. The fourth-order valence-electron chi connectivity index (χ4n) is 2.65. The van der Waals surface area contributed by atoms with Crippen molar-refractivity contribution in [2.75, 3.05) is 20.1 Å². The number of carbonyl (C=O) groups is 1. The van der Waals surface area contributed by atoms with Crippen LogP contribution in [0.4, 0.5) is 8.78 Å². The predicted octanol–water partition coefficient (Wildman–Crippen LogP) is 1.44. The van der Waals surface area contributed by atoms with Crippen molar-refractivity contribution in [1.29, 1.82) is 0 Å². The first kappa shape index (κ1) is 17.8. The lowest BCUT2D eigenvalue weighted by atomic mass is 10.1. The van der Waals surface area contributed by atoms with Crippen LogP contribution in [-0.2, 0) is 21.1 Å². The van der Waals surface area contributed by atoms with Gasteiger partial charge in [0.25, 0.3) is 0 Å². The Morgan fingerprint density at radius 2 is 2.00 bits per heavy atom. The fraction of sp³-hybridized carbons (Fsp3) is 0.533. The normalized spacial score (nSPS) is 19.7. The van der Waals surface area contributed by atoms with Gasteiger partial charge in [-0.15, -0.1) is 0 Å². The lowest BCUT2D eigenvalue weighted by molar-refractivity contribution is -0.121. The number of halogens is 2. The van der Waals surface area contributed by atoms with Gasteiger partial charge < -0.3 is 10.2 Å². The molecule has 0 bridgehead atoms. The summed E-state index contributed by atoms with van der Waals surface area (Å²) < 4.78 is 47.5. The second kappa shape index (κ2) is 7.35. The topological polar surface area (TPSA) is 66.5 Å². The molecule has 1 unspecified atom stereocenters. The first-order chi connectivity index (χ1) is 10.8. The van der Waals surface area contributed by atoms with Crippen molar-refractivity contribution in [2.24, 2.45) is 0 Å². The molecule has 2 rings (SSSR count). The highest BCUT2D eigenvalue weighted by Crippen LogP contribution is 2.18. The van der Waals surface area contributed by atoms with Gasteiger partial charge in [0.1, 0.15) is 0 Å². The zero-order valence-corrected chi connectivity index (χ0v) is 13.7. The van der Waals surface area contributed by atoms with Crippen molar-refractivity contribution < 1.29 is 22.0 Å². The molecular formula is C15H20F2N2O3S. The predicted molar refractivity (Wildman–Crippen MR) is 82.0 cm³/mol. The van der Waals surface area contributed by atoms with E-state index in [1.807, 2.05) is 7.05 Å². The number of piperidine rings is 1. The lowest BCUT2D eigenvalue weighted by Crippen LogP contribution is -2.46. The number of nitrogens with one attached hydrogen (secondary N) is 1. The number of rotatable bonds is 5. The van der Waals surface area contributed by atoms with E-state index >= 15 is 0 Å². The van der Waals surface area contributed by atoms with Crippen molar-refractivity contribution in [2.45, 2.75) is 36.0 Å². The van der Waals surface area contributed by atoms with Crippen LogP contribution in [0, 0.1) is 0 Å². The molecule has 1 aromatic rings. The van der Waals surface area contributed by atoms with Crippen molar-refractivity contribution in [3.63, 3.8) is 0 Å². The molecule has 0 saturated carbocycles. The van der Waals surface area contributed by atoms with Gasteiger partial charge >= 0.3 is 5.76 Å². The quantitative estimate of drug-likeness (QED) is 0.876. The van der Waals surface area contributed by atoms with Gasteiger partial charge in [0.2, 0.25) is 15.7 Å². The van der Waals surface area contributed by atoms with E-state index in [4.69, 9.17) is 0 Å². The largest absolute Gasteiger partial charge is 0.352 e. The Morgan fingerprint density at radius 3 is 2.57 bits per heavy atom. The number of alkyl halides is 2. The van der Waals surface area contributed by atoms with Crippen LogP contribution in [0.25, 0.3) is 0 Å². The molecule has 23 heavy (non-hydrogen) atoms. The maximum Gasteiger partial charge on any atom is 0.341 e. The van der Waals surface area contributed by atoms with Crippen LogP contribution >= 0.6 is 0 Å². The Hall–Kier alpha value is -1.54. The molecule has 0 radical (unpaired) electrons. The van der Waals surface area contributed by atoms with Gasteiger partial charge in [0, 0.05) is 12.6 Å². The standard InChI is InChI=1S/C15H20F2N2O3S/c1-19-8-2-3-12(10-19)18-14(20)9-11-4-6-13(7-5-11)23(21,22)15(16)17/h4-7,12,15H,2-3,8-10H2,1H3,(H,18,20). The highest BCUT2D eigenvalue weighted by atomic mass is 32.2. The summed E-state index contributed by atoms with van der Waals surface area (Å²) in [6, 6.07) is 5.11. The van der Waals surface area contributed by atoms with Crippen molar-refractivity contribution in [1.82, 2.24) is 10.2 Å². The molecule has 1 fully saturated rings. The number of hydrogen-bond acceptors (Lipinski definition) is 4. The van der Waals surface area contributed by atoms with Crippen molar-refractivity contribution in [3.8, 4) is 0 Å². The third-order valence-electron chi connectivity index (χ3n) is 3.84. The molecule has 5 nitrogen and oxygen atoms in total. The molecule has 1 atom stereocenters. The van der Waals surface area contributed by atoms with Gasteiger partial charge in [-0.1, -0.05) is 12.1 Å². The summed E-state index contributed by atoms with van der Waals surface area (Å²) in [5.74, 6) is -3.60. The van der Waals surface area contributed by atoms with Crippen LogP contribution < -0.4 is 5.32 Å². The van der Waals surface area contributed by atoms with E-state index in [1.54, 1.807) is 0 Å². The number of sulfone groups is 1. The van der Waals surface area contributed by atoms with Gasteiger partial charge in [-0.25, -0.2) is 8.42 Å². The fourth-order valence-corrected chi connectivity index (χ4v) is 3.37. The average molecular weight is 346 g/mol. The Bertz CT molecular complexity index is 647. The van der Waals surface area contributed by atoms with Crippen molar-refractivity contribution >= 4 is 15.7 Å². The second-order valence-electron chi connectivity index (χ2n) is 5.80. The molecule has 1 heterocycles. The molecular weight excluding hydrogens is 326 g/mol. The second-order valence-corrected chi connectivity index (χ2v) is 7.71. The lowest BCUT2D eigenvalue weighted by Gasteiger charge is -2.30. The van der Waals surface area contributed by atoms with Gasteiger partial charge in [-0.2, -0.15) is 8.78 Å². The number of benzene rings is 1. The van der Waals surface area contributed by atoms with E-state index in [-0.39, 0.29) is 18.4 Å². The average Bonchev–Trinajstić information content (AvgIpc) is 2.47. The van der Waals surface area contributed by atoms with Crippen LogP contribution in [-0.4, -0.2) is 51.2 Å². The summed E-state index contributed by atoms with van der Waals surface area (Å²) in [6.07, 6.45) is 2.05. The minimum atomic E-state index is -4.59. The van der Waals surface area contributed by atoms with Crippen LogP contribution in [0.3, 0.4) is 0 Å². The highest BCUT2D eigenvalue weighted by molar-refractivity contribution is 7.91. The monoisotopic (exact) mass is 346 g/mol. The highest BCUT2D eigenvalue weighted by Gasteiger charge is 2.26. The number of likely N-dealkylation sites (N-methyl/N-ethyl adjacent to an activating group) is 1. The number of carbonyl (C=O) groups excluding carboxylic acids is 1. The van der Waals surface area contributed by atoms with Crippen molar-refractivity contribution in [3.05, 3.63) is 29.8 Å².